The molecule has 1 aliphatic rings. The highest BCUT2D eigenvalue weighted by molar-refractivity contribution is 5.20. The summed E-state index contributed by atoms with van der Waals surface area (Å²) in [6.07, 6.45) is 4.73. The predicted molar refractivity (Wildman–Crippen MR) is 77.2 cm³/mol. The maximum atomic E-state index is 13.4. The Hall–Kier alpha value is -0.930. The fourth-order valence-electron chi connectivity index (χ4n) is 2.98. The van der Waals surface area contributed by atoms with E-state index >= 15 is 0 Å². The fourth-order valence-corrected chi connectivity index (χ4v) is 2.98. The van der Waals surface area contributed by atoms with Gasteiger partial charge >= 0.3 is 0 Å². The second kappa shape index (κ2) is 6.49. The Morgan fingerprint density at radius 2 is 2.00 bits per heavy atom. The van der Waals surface area contributed by atoms with Gasteiger partial charge in [-0.05, 0) is 50.8 Å². The molecule has 1 saturated heterocycles. The van der Waals surface area contributed by atoms with Crippen molar-refractivity contribution in [2.75, 3.05) is 0 Å². The van der Waals surface area contributed by atoms with Crippen molar-refractivity contribution < 1.29 is 4.39 Å². The number of hydrazine groups is 1. The van der Waals surface area contributed by atoms with E-state index in [4.69, 9.17) is 0 Å². The van der Waals surface area contributed by atoms with Crippen molar-refractivity contribution in [2.45, 2.75) is 64.6 Å². The minimum absolute atomic E-state index is 0.155. The molecular weight excluding hydrogens is 239 g/mol. The Kier molecular flexibility index (Phi) is 4.94. The first-order chi connectivity index (χ1) is 9.11. The Labute approximate surface area is 116 Å². The summed E-state index contributed by atoms with van der Waals surface area (Å²) in [4.78, 5) is 0. The van der Waals surface area contributed by atoms with Gasteiger partial charge in [0.25, 0.3) is 0 Å². The fraction of sp³-hybridized carbons (Fsp3) is 0.625. The summed E-state index contributed by atoms with van der Waals surface area (Å²) in [5.74, 6) is -0.155. The summed E-state index contributed by atoms with van der Waals surface area (Å²) < 4.78 is 13.4. The Bertz CT molecular complexity index is 397. The zero-order chi connectivity index (χ0) is 13.8. The first-order valence-electron chi connectivity index (χ1n) is 7.41. The van der Waals surface area contributed by atoms with Gasteiger partial charge in [-0.1, -0.05) is 25.5 Å². The first kappa shape index (κ1) is 14.5. The molecule has 2 nitrogen and oxygen atoms in total. The Balaban J connectivity index is 2.10. The summed E-state index contributed by atoms with van der Waals surface area (Å²) >= 11 is 0. The van der Waals surface area contributed by atoms with Gasteiger partial charge in [-0.3, -0.25) is 0 Å². The SMILES string of the molecule is CCC(NN1C(C)CCCC1C)c1cccc(F)c1. The quantitative estimate of drug-likeness (QED) is 0.882. The van der Waals surface area contributed by atoms with E-state index in [2.05, 4.69) is 31.2 Å². The minimum Gasteiger partial charge on any atom is -0.247 e. The molecule has 3 atom stereocenters. The largest absolute Gasteiger partial charge is 0.247 e. The van der Waals surface area contributed by atoms with E-state index in [1.54, 1.807) is 12.1 Å². The Morgan fingerprint density at radius 3 is 2.58 bits per heavy atom. The van der Waals surface area contributed by atoms with Gasteiger partial charge < -0.3 is 0 Å². The molecule has 2 rings (SSSR count). The summed E-state index contributed by atoms with van der Waals surface area (Å²) in [7, 11) is 0. The lowest BCUT2D eigenvalue weighted by molar-refractivity contribution is 0.0283. The Morgan fingerprint density at radius 1 is 1.32 bits per heavy atom. The number of hydrogen-bond donors (Lipinski definition) is 1. The monoisotopic (exact) mass is 264 g/mol. The molecule has 1 N–H and O–H groups in total. The van der Waals surface area contributed by atoms with Crippen LogP contribution < -0.4 is 5.43 Å². The standard InChI is InChI=1S/C16H25FN2/c1-4-16(14-9-6-10-15(17)11-14)18-19-12(2)7-5-8-13(19)3/h6,9-13,16,18H,4-5,7-8H2,1-3H3. The van der Waals surface area contributed by atoms with Gasteiger partial charge in [0.2, 0.25) is 0 Å². The highest BCUT2D eigenvalue weighted by atomic mass is 19.1. The van der Waals surface area contributed by atoms with Crippen molar-refractivity contribution in [1.82, 2.24) is 10.4 Å². The van der Waals surface area contributed by atoms with Crippen LogP contribution in [0.1, 0.15) is 58.1 Å². The zero-order valence-corrected chi connectivity index (χ0v) is 12.2. The number of nitrogens with one attached hydrogen (secondary N) is 1. The second-order valence-corrected chi connectivity index (χ2v) is 5.68. The highest BCUT2D eigenvalue weighted by Gasteiger charge is 2.26. The van der Waals surface area contributed by atoms with Crippen molar-refractivity contribution in [1.29, 1.82) is 0 Å². The summed E-state index contributed by atoms with van der Waals surface area (Å²) in [6, 6.07) is 8.22. The third kappa shape index (κ3) is 3.54. The van der Waals surface area contributed by atoms with E-state index in [0.717, 1.165) is 12.0 Å². The van der Waals surface area contributed by atoms with E-state index in [1.807, 2.05) is 6.07 Å². The van der Waals surface area contributed by atoms with Crippen LogP contribution >= 0.6 is 0 Å². The van der Waals surface area contributed by atoms with Gasteiger partial charge in [0.1, 0.15) is 5.82 Å². The van der Waals surface area contributed by atoms with Crippen LogP contribution in [0.15, 0.2) is 24.3 Å². The molecular formula is C16H25FN2. The molecule has 1 aliphatic heterocycles. The lowest BCUT2D eigenvalue weighted by atomic mass is 9.99. The van der Waals surface area contributed by atoms with Gasteiger partial charge in [0.05, 0.1) is 0 Å². The molecule has 0 spiro atoms. The highest BCUT2D eigenvalue weighted by Crippen LogP contribution is 2.24. The molecule has 3 unspecified atom stereocenters. The lowest BCUT2D eigenvalue weighted by Crippen LogP contribution is -2.53. The van der Waals surface area contributed by atoms with Crippen LogP contribution in [0.5, 0.6) is 0 Å². The van der Waals surface area contributed by atoms with Crippen LogP contribution in [-0.2, 0) is 0 Å². The zero-order valence-electron chi connectivity index (χ0n) is 12.2. The van der Waals surface area contributed by atoms with Gasteiger partial charge in [-0.15, -0.1) is 0 Å². The normalized spacial score (nSPS) is 26.3. The maximum Gasteiger partial charge on any atom is 0.123 e. The van der Waals surface area contributed by atoms with Gasteiger partial charge in [0, 0.05) is 18.1 Å². The minimum atomic E-state index is -0.155. The van der Waals surface area contributed by atoms with E-state index in [9.17, 15) is 4.39 Å². The van der Waals surface area contributed by atoms with Crippen LogP contribution in [-0.4, -0.2) is 17.1 Å². The molecule has 0 radical (unpaired) electrons. The number of halogens is 1. The van der Waals surface area contributed by atoms with Crippen LogP contribution in [0.3, 0.4) is 0 Å². The predicted octanol–water partition coefficient (Wildman–Crippen LogP) is 4.04. The van der Waals surface area contributed by atoms with Gasteiger partial charge in [-0.2, -0.15) is 0 Å². The van der Waals surface area contributed by atoms with Crippen molar-refractivity contribution in [3.05, 3.63) is 35.6 Å². The van der Waals surface area contributed by atoms with Crippen molar-refractivity contribution in [2.24, 2.45) is 0 Å². The van der Waals surface area contributed by atoms with Crippen LogP contribution in [0.2, 0.25) is 0 Å². The molecule has 1 aromatic rings. The molecule has 1 fully saturated rings. The molecule has 0 aliphatic carbocycles. The van der Waals surface area contributed by atoms with E-state index in [-0.39, 0.29) is 11.9 Å². The molecule has 0 bridgehead atoms. The molecule has 0 saturated carbocycles. The van der Waals surface area contributed by atoms with E-state index in [0.29, 0.717) is 12.1 Å². The number of benzene rings is 1. The lowest BCUT2D eigenvalue weighted by Gasteiger charge is -2.41. The van der Waals surface area contributed by atoms with Crippen LogP contribution in [0, 0.1) is 5.82 Å². The average molecular weight is 264 g/mol. The third-order valence-corrected chi connectivity index (χ3v) is 4.16. The molecule has 1 aromatic carbocycles. The maximum absolute atomic E-state index is 13.4. The molecule has 0 aromatic heterocycles. The molecule has 1 heterocycles. The third-order valence-electron chi connectivity index (χ3n) is 4.16. The van der Waals surface area contributed by atoms with E-state index in [1.165, 1.54) is 25.3 Å². The van der Waals surface area contributed by atoms with Crippen LogP contribution in [0.25, 0.3) is 0 Å². The molecule has 19 heavy (non-hydrogen) atoms. The summed E-state index contributed by atoms with van der Waals surface area (Å²) in [6.45, 7) is 6.67. The molecule has 106 valence electrons. The van der Waals surface area contributed by atoms with Gasteiger partial charge in [0.15, 0.2) is 0 Å². The van der Waals surface area contributed by atoms with E-state index < -0.39 is 0 Å². The summed E-state index contributed by atoms with van der Waals surface area (Å²) in [5, 5.41) is 2.36. The van der Waals surface area contributed by atoms with Crippen molar-refractivity contribution in [3.63, 3.8) is 0 Å². The molecule has 0 amide bonds. The summed E-state index contributed by atoms with van der Waals surface area (Å²) in [5.41, 5.74) is 4.65. The second-order valence-electron chi connectivity index (χ2n) is 5.68. The van der Waals surface area contributed by atoms with Gasteiger partial charge in [-0.25, -0.2) is 14.8 Å². The number of hydrogen-bond acceptors (Lipinski definition) is 2. The number of piperidine rings is 1. The van der Waals surface area contributed by atoms with Crippen LogP contribution in [0.4, 0.5) is 4.39 Å². The number of rotatable bonds is 4. The van der Waals surface area contributed by atoms with Crippen molar-refractivity contribution in [3.8, 4) is 0 Å². The smallest absolute Gasteiger partial charge is 0.123 e. The molecule has 3 heteroatoms. The first-order valence-corrected chi connectivity index (χ1v) is 7.41. The number of nitrogens with zero attached hydrogens (tertiary/aromatic N) is 1. The average Bonchev–Trinajstić information content (AvgIpc) is 2.38. The van der Waals surface area contributed by atoms with Crippen molar-refractivity contribution >= 4 is 0 Å². The topological polar surface area (TPSA) is 15.3 Å².